The highest BCUT2D eigenvalue weighted by molar-refractivity contribution is 6.00. The Bertz CT molecular complexity index is 1410. The Hall–Kier alpha value is -4.14. The first-order chi connectivity index (χ1) is 17.9. The van der Waals surface area contributed by atoms with E-state index in [1.165, 1.54) is 12.1 Å². The van der Waals surface area contributed by atoms with Crippen LogP contribution in [0.4, 0.5) is 42.2 Å². The van der Waals surface area contributed by atoms with Crippen molar-refractivity contribution in [2.45, 2.75) is 31.1 Å². The molecule has 0 radical (unpaired) electrons. The predicted molar refractivity (Wildman–Crippen MR) is 125 cm³/mol. The summed E-state index contributed by atoms with van der Waals surface area (Å²) < 4.78 is 95.1. The minimum Gasteiger partial charge on any atom is -0.372 e. The summed E-state index contributed by atoms with van der Waals surface area (Å²) in [7, 11) is 1.65. The second kappa shape index (κ2) is 10.3. The summed E-state index contributed by atoms with van der Waals surface area (Å²) in [5, 5.41) is 10.6. The molecule has 38 heavy (non-hydrogen) atoms. The summed E-state index contributed by atoms with van der Waals surface area (Å²) in [6, 6.07) is 8.01. The number of aromatic nitrogens is 2. The summed E-state index contributed by atoms with van der Waals surface area (Å²) >= 11 is 0. The van der Waals surface area contributed by atoms with Crippen LogP contribution in [0.1, 0.15) is 40.3 Å². The first-order valence-corrected chi connectivity index (χ1v) is 11.3. The number of hydrogen-bond donors (Lipinski definition) is 1. The summed E-state index contributed by atoms with van der Waals surface area (Å²) in [6.07, 6.45) is -10.3. The van der Waals surface area contributed by atoms with Crippen LogP contribution in [-0.4, -0.2) is 29.7 Å². The first-order valence-electron chi connectivity index (χ1n) is 11.3. The number of nitrogens with one attached hydrogen (secondary N) is 1. The van der Waals surface area contributed by atoms with Crippen molar-refractivity contribution in [3.8, 4) is 11.8 Å². The number of benzene rings is 2. The van der Waals surface area contributed by atoms with E-state index < -0.39 is 46.7 Å². The number of aryl methyl sites for hydroxylation is 1. The number of rotatable bonds is 3. The van der Waals surface area contributed by atoms with Gasteiger partial charge in [-0.3, -0.25) is 9.69 Å². The molecule has 198 valence electrons. The quantitative estimate of drug-likeness (QED) is 0.339. The molecule has 0 fully saturated rings. The molecule has 0 saturated carbocycles. The molecule has 4 rings (SSSR count). The van der Waals surface area contributed by atoms with Crippen molar-refractivity contribution in [2.24, 2.45) is 0 Å². The third-order valence-electron chi connectivity index (χ3n) is 6.03. The molecule has 1 amide bonds. The molecule has 0 spiro atoms. The number of fused-ring (bicyclic) bond motifs is 1. The highest BCUT2D eigenvalue weighted by atomic mass is 19.4. The zero-order valence-corrected chi connectivity index (χ0v) is 19.7. The van der Waals surface area contributed by atoms with Crippen LogP contribution in [0.5, 0.6) is 0 Å². The van der Waals surface area contributed by atoms with Gasteiger partial charge in [-0.05, 0) is 72.4 Å². The maximum Gasteiger partial charge on any atom is 0.416 e. The van der Waals surface area contributed by atoms with Gasteiger partial charge in [-0.15, -0.1) is 10.2 Å². The van der Waals surface area contributed by atoms with Crippen LogP contribution < -0.4 is 10.2 Å². The van der Waals surface area contributed by atoms with Crippen LogP contribution in [-0.2, 0) is 23.6 Å². The van der Waals surface area contributed by atoms with Crippen LogP contribution in [0.15, 0.2) is 48.5 Å². The molecule has 1 unspecified atom stereocenters. The highest BCUT2D eigenvalue weighted by Gasteiger charge is 2.42. The second-order valence-corrected chi connectivity index (χ2v) is 8.44. The number of hydrogen-bond acceptors (Lipinski definition) is 4. The number of amides is 1. The summed E-state index contributed by atoms with van der Waals surface area (Å²) in [5.41, 5.74) is -2.73. The van der Waals surface area contributed by atoms with Crippen LogP contribution in [0.2, 0.25) is 0 Å². The van der Waals surface area contributed by atoms with E-state index in [1.54, 1.807) is 19.2 Å². The molecule has 2 aromatic carbocycles. The van der Waals surface area contributed by atoms with Gasteiger partial charge < -0.3 is 5.32 Å². The van der Waals surface area contributed by atoms with Gasteiger partial charge in [-0.2, -0.15) is 26.3 Å². The molecular weight excluding hydrogens is 517 g/mol. The predicted octanol–water partition coefficient (Wildman–Crippen LogP) is 5.81. The molecule has 5 nitrogen and oxygen atoms in total. The van der Waals surface area contributed by atoms with Crippen molar-refractivity contribution in [3.63, 3.8) is 0 Å². The van der Waals surface area contributed by atoms with Crippen molar-refractivity contribution in [1.29, 1.82) is 0 Å². The number of carbonyl (C=O) groups excluding carboxylic acids is 1. The number of nitrogens with zero attached hydrogens (tertiary/aromatic N) is 3. The molecule has 1 aliphatic rings. The Morgan fingerprint density at radius 1 is 1.00 bits per heavy atom. The van der Waals surface area contributed by atoms with E-state index in [9.17, 15) is 35.5 Å². The topological polar surface area (TPSA) is 58.1 Å². The van der Waals surface area contributed by atoms with Crippen molar-refractivity contribution >= 4 is 17.4 Å². The summed E-state index contributed by atoms with van der Waals surface area (Å²) in [4.78, 5) is 14.7. The average Bonchev–Trinajstić information content (AvgIpc) is 2.99. The lowest BCUT2D eigenvalue weighted by atomic mass is 9.88. The van der Waals surface area contributed by atoms with E-state index in [1.807, 2.05) is 0 Å². The molecule has 2 heterocycles. The fraction of sp³-hybridized carbons (Fsp3) is 0.269. The molecule has 0 bridgehead atoms. The molecule has 12 heteroatoms. The lowest BCUT2D eigenvalue weighted by Crippen LogP contribution is -2.35. The number of alkyl halides is 6. The molecule has 1 aliphatic heterocycles. The van der Waals surface area contributed by atoms with Crippen molar-refractivity contribution in [2.75, 3.05) is 23.8 Å². The lowest BCUT2D eigenvalue weighted by molar-refractivity contribution is -0.143. The Balaban J connectivity index is 1.75. The second-order valence-electron chi connectivity index (χ2n) is 8.44. The van der Waals surface area contributed by atoms with Gasteiger partial charge in [0, 0.05) is 12.7 Å². The Kier molecular flexibility index (Phi) is 7.31. The van der Waals surface area contributed by atoms with E-state index in [0.717, 1.165) is 11.0 Å². The van der Waals surface area contributed by atoms with Crippen LogP contribution >= 0.6 is 0 Å². The SMILES string of the molecule is CNc1ccc(C#CCN2C(=O)C(c3ccc(C(F)(F)F)cc3C(F)(F)F)CCc3cc(F)ccc32)nn1. The first kappa shape index (κ1) is 26.9. The minimum absolute atomic E-state index is 0.0119. The fourth-order valence-corrected chi connectivity index (χ4v) is 4.22. The third-order valence-corrected chi connectivity index (χ3v) is 6.03. The molecule has 3 aromatic rings. The average molecular weight is 536 g/mol. The van der Waals surface area contributed by atoms with Crippen LogP contribution in [0, 0.1) is 17.7 Å². The van der Waals surface area contributed by atoms with Crippen LogP contribution in [0.3, 0.4) is 0 Å². The minimum atomic E-state index is -5.15. The third kappa shape index (κ3) is 5.72. The number of anilines is 2. The van der Waals surface area contributed by atoms with Gasteiger partial charge in [-0.25, -0.2) is 4.39 Å². The normalized spacial score (nSPS) is 15.8. The van der Waals surface area contributed by atoms with Gasteiger partial charge >= 0.3 is 12.4 Å². The van der Waals surface area contributed by atoms with Crippen molar-refractivity contribution in [3.05, 3.63) is 82.3 Å². The van der Waals surface area contributed by atoms with Gasteiger partial charge in [0.05, 0.1) is 23.6 Å². The van der Waals surface area contributed by atoms with Gasteiger partial charge in [0.25, 0.3) is 0 Å². The van der Waals surface area contributed by atoms with E-state index in [2.05, 4.69) is 27.4 Å². The zero-order valence-electron chi connectivity index (χ0n) is 19.7. The largest absolute Gasteiger partial charge is 0.416 e. The van der Waals surface area contributed by atoms with E-state index in [-0.39, 0.29) is 36.8 Å². The summed E-state index contributed by atoms with van der Waals surface area (Å²) in [5.74, 6) is 3.10. The lowest BCUT2D eigenvalue weighted by Gasteiger charge is -2.26. The molecular formula is C26H19F7N4O. The van der Waals surface area contributed by atoms with E-state index in [4.69, 9.17) is 0 Å². The van der Waals surface area contributed by atoms with Crippen LogP contribution in [0.25, 0.3) is 0 Å². The van der Waals surface area contributed by atoms with Crippen molar-refractivity contribution < 1.29 is 35.5 Å². The molecule has 0 saturated heterocycles. The van der Waals surface area contributed by atoms with E-state index >= 15 is 0 Å². The molecule has 1 aromatic heterocycles. The Labute approximate surface area is 212 Å². The molecule has 1 N–H and O–H groups in total. The van der Waals surface area contributed by atoms with E-state index in [0.29, 0.717) is 23.5 Å². The monoisotopic (exact) mass is 536 g/mol. The van der Waals surface area contributed by atoms with Gasteiger partial charge in [-0.1, -0.05) is 12.0 Å². The van der Waals surface area contributed by atoms with Gasteiger partial charge in [0.15, 0.2) is 0 Å². The fourth-order valence-electron chi connectivity index (χ4n) is 4.22. The maximum absolute atomic E-state index is 14.0. The van der Waals surface area contributed by atoms with Crippen molar-refractivity contribution in [1.82, 2.24) is 10.2 Å². The Morgan fingerprint density at radius 3 is 2.39 bits per heavy atom. The molecule has 0 aliphatic carbocycles. The smallest absolute Gasteiger partial charge is 0.372 e. The standard InChI is InChI=1S/C26H19F7N4O/c1-34-23-11-7-18(35-36-23)3-2-12-37-22-10-6-17(27)13-15(22)4-8-20(24(37)38)19-9-5-16(25(28,29)30)14-21(19)26(31,32)33/h5-7,9-11,13-14,20H,4,8,12H2,1H3,(H,34,36). The van der Waals surface area contributed by atoms with Gasteiger partial charge in [0.1, 0.15) is 17.3 Å². The van der Waals surface area contributed by atoms with Gasteiger partial charge in [0.2, 0.25) is 5.91 Å². The highest BCUT2D eigenvalue weighted by Crippen LogP contribution is 2.42. The maximum atomic E-state index is 14.0. The number of halogens is 7. The summed E-state index contributed by atoms with van der Waals surface area (Å²) in [6.45, 7) is -0.286. The molecule has 1 atom stereocenters. The number of carbonyl (C=O) groups is 1. The zero-order chi connectivity index (χ0) is 27.7. The Morgan fingerprint density at radius 2 is 1.76 bits per heavy atom.